The third-order valence-corrected chi connectivity index (χ3v) is 3.92. The van der Waals surface area contributed by atoms with Gasteiger partial charge in [-0.15, -0.1) is 11.3 Å². The molecule has 2 aromatic rings. The molecule has 1 aromatic heterocycles. The lowest BCUT2D eigenvalue weighted by atomic mass is 10.0. The highest BCUT2D eigenvalue weighted by Crippen LogP contribution is 2.22. The van der Waals surface area contributed by atoms with Crippen LogP contribution in [0.1, 0.15) is 15.2 Å². The van der Waals surface area contributed by atoms with Crippen LogP contribution < -0.4 is 0 Å². The molecule has 0 aliphatic carbocycles. The number of nitriles is 1. The first-order valence-electron chi connectivity index (χ1n) is 5.16. The summed E-state index contributed by atoms with van der Waals surface area (Å²) in [5.74, 6) is -0.248. The van der Waals surface area contributed by atoms with Crippen LogP contribution in [0.3, 0.4) is 0 Å². The Labute approximate surface area is 117 Å². The molecule has 0 amide bonds. The molecule has 88 valence electrons. The molecule has 0 spiro atoms. The molecule has 0 saturated heterocycles. The number of halogens is 1. The van der Waals surface area contributed by atoms with Gasteiger partial charge in [0.25, 0.3) is 0 Å². The fraction of sp³-hybridized carbons (Fsp3) is 0. The molecule has 0 fully saturated rings. The number of carbonyl (C=O) groups excluding carboxylic acids is 1. The van der Waals surface area contributed by atoms with Crippen molar-refractivity contribution in [1.82, 2.24) is 0 Å². The van der Waals surface area contributed by atoms with Crippen molar-refractivity contribution in [3.63, 3.8) is 0 Å². The van der Waals surface area contributed by atoms with Gasteiger partial charge in [-0.2, -0.15) is 5.26 Å². The molecular formula is C14H8BrNOS. The van der Waals surface area contributed by atoms with Gasteiger partial charge in [-0.25, -0.2) is 0 Å². The van der Waals surface area contributed by atoms with E-state index in [-0.39, 0.29) is 11.4 Å². The lowest BCUT2D eigenvalue weighted by Gasteiger charge is -1.97. The Hall–Kier alpha value is -1.70. The van der Waals surface area contributed by atoms with Gasteiger partial charge in [-0.05, 0) is 28.1 Å². The molecule has 0 aliphatic rings. The maximum absolute atomic E-state index is 12.1. The van der Waals surface area contributed by atoms with Gasteiger partial charge >= 0.3 is 0 Å². The normalized spacial score (nSPS) is 11.0. The molecule has 0 saturated carbocycles. The number of nitrogens with zero attached hydrogens (tertiary/aromatic N) is 1. The van der Waals surface area contributed by atoms with Gasteiger partial charge in [-0.1, -0.05) is 30.3 Å². The summed E-state index contributed by atoms with van der Waals surface area (Å²) in [6.07, 6.45) is 1.62. The molecule has 18 heavy (non-hydrogen) atoms. The van der Waals surface area contributed by atoms with E-state index in [0.29, 0.717) is 5.56 Å². The summed E-state index contributed by atoms with van der Waals surface area (Å²) in [5, 5.41) is 11.0. The summed E-state index contributed by atoms with van der Waals surface area (Å²) in [6.45, 7) is 0. The Morgan fingerprint density at radius 1 is 1.33 bits per heavy atom. The lowest BCUT2D eigenvalue weighted by Crippen LogP contribution is -2.01. The summed E-state index contributed by atoms with van der Waals surface area (Å²) < 4.78 is 0.947. The second-order valence-corrected chi connectivity index (χ2v) is 5.39. The first-order valence-corrected chi connectivity index (χ1v) is 6.83. The van der Waals surface area contributed by atoms with Crippen LogP contribution in [0, 0.1) is 11.3 Å². The van der Waals surface area contributed by atoms with Gasteiger partial charge < -0.3 is 0 Å². The molecule has 2 nitrogen and oxygen atoms in total. The summed E-state index contributed by atoms with van der Waals surface area (Å²) in [4.78, 5) is 13.0. The standard InChI is InChI=1S/C14H8BrNOS/c15-12-7-13(18-9-12)6-11(8-16)14(17)10-4-2-1-3-5-10/h1-7,9H/b11-6-. The van der Waals surface area contributed by atoms with Gasteiger partial charge in [0.1, 0.15) is 11.6 Å². The van der Waals surface area contributed by atoms with Crippen LogP contribution in [0.5, 0.6) is 0 Å². The Morgan fingerprint density at radius 2 is 2.06 bits per heavy atom. The Bertz CT molecular complexity index is 637. The number of carbonyl (C=O) groups is 1. The van der Waals surface area contributed by atoms with Crippen molar-refractivity contribution in [2.75, 3.05) is 0 Å². The fourth-order valence-corrected chi connectivity index (χ4v) is 2.82. The second kappa shape index (κ2) is 5.76. The van der Waals surface area contributed by atoms with Crippen LogP contribution in [0.25, 0.3) is 6.08 Å². The maximum atomic E-state index is 12.1. The van der Waals surface area contributed by atoms with Crippen molar-refractivity contribution < 1.29 is 4.79 Å². The number of hydrogen-bond donors (Lipinski definition) is 0. The van der Waals surface area contributed by atoms with Gasteiger partial charge in [0.15, 0.2) is 0 Å². The highest BCUT2D eigenvalue weighted by Gasteiger charge is 2.11. The van der Waals surface area contributed by atoms with E-state index in [1.54, 1.807) is 30.3 Å². The molecule has 0 N–H and O–H groups in total. The molecule has 2 rings (SSSR count). The molecule has 0 atom stereocenters. The molecule has 1 heterocycles. The largest absolute Gasteiger partial charge is 0.288 e. The number of ketones is 1. The molecule has 0 bridgehead atoms. The topological polar surface area (TPSA) is 40.9 Å². The maximum Gasteiger partial charge on any atom is 0.203 e. The van der Waals surface area contributed by atoms with Crippen molar-refractivity contribution in [3.05, 3.63) is 62.3 Å². The van der Waals surface area contributed by atoms with E-state index in [0.717, 1.165) is 9.35 Å². The van der Waals surface area contributed by atoms with Gasteiger partial charge in [-0.3, -0.25) is 4.79 Å². The van der Waals surface area contributed by atoms with E-state index in [1.165, 1.54) is 11.3 Å². The summed E-state index contributed by atoms with van der Waals surface area (Å²) in [5.41, 5.74) is 0.677. The molecule has 0 unspecified atom stereocenters. The van der Waals surface area contributed by atoms with Crippen molar-refractivity contribution in [2.24, 2.45) is 0 Å². The van der Waals surface area contributed by atoms with E-state index in [9.17, 15) is 4.79 Å². The van der Waals surface area contributed by atoms with E-state index in [1.807, 2.05) is 23.6 Å². The molecular weight excluding hydrogens is 310 g/mol. The fourth-order valence-electron chi connectivity index (χ4n) is 1.44. The van der Waals surface area contributed by atoms with E-state index in [2.05, 4.69) is 15.9 Å². The number of hydrogen-bond acceptors (Lipinski definition) is 3. The lowest BCUT2D eigenvalue weighted by molar-refractivity contribution is 0.104. The van der Waals surface area contributed by atoms with Gasteiger partial charge in [0.2, 0.25) is 5.78 Å². The van der Waals surface area contributed by atoms with E-state index < -0.39 is 0 Å². The van der Waals surface area contributed by atoms with Crippen LogP contribution >= 0.6 is 27.3 Å². The number of Topliss-reactive ketones (excluding diaryl/α,β-unsaturated/α-hetero) is 1. The molecule has 1 aromatic carbocycles. The summed E-state index contributed by atoms with van der Waals surface area (Å²) in [6, 6.07) is 12.6. The smallest absolute Gasteiger partial charge is 0.203 e. The average molecular weight is 318 g/mol. The van der Waals surface area contributed by atoms with Crippen LogP contribution in [0.15, 0.2) is 51.8 Å². The monoisotopic (exact) mass is 317 g/mol. The second-order valence-electron chi connectivity index (χ2n) is 3.53. The number of rotatable bonds is 3. The Kier molecular flexibility index (Phi) is 4.08. The van der Waals surface area contributed by atoms with Crippen LogP contribution in [-0.4, -0.2) is 5.78 Å². The zero-order chi connectivity index (χ0) is 13.0. The van der Waals surface area contributed by atoms with Crippen LogP contribution in [0.4, 0.5) is 0 Å². The summed E-state index contributed by atoms with van der Waals surface area (Å²) >= 11 is 4.82. The Balaban J connectivity index is 2.33. The SMILES string of the molecule is N#C/C(=C/c1cc(Br)cs1)C(=O)c1ccccc1. The van der Waals surface area contributed by atoms with Gasteiger partial charge in [0.05, 0.1) is 0 Å². The number of allylic oxidation sites excluding steroid dienone is 1. The van der Waals surface area contributed by atoms with E-state index >= 15 is 0 Å². The first-order chi connectivity index (χ1) is 8.70. The zero-order valence-electron chi connectivity index (χ0n) is 9.26. The third kappa shape index (κ3) is 2.95. The minimum Gasteiger partial charge on any atom is -0.288 e. The third-order valence-electron chi connectivity index (χ3n) is 2.28. The zero-order valence-corrected chi connectivity index (χ0v) is 11.7. The van der Waals surface area contributed by atoms with Crippen LogP contribution in [-0.2, 0) is 0 Å². The van der Waals surface area contributed by atoms with Crippen molar-refractivity contribution in [1.29, 1.82) is 5.26 Å². The van der Waals surface area contributed by atoms with Gasteiger partial charge in [0, 0.05) is 20.3 Å². The first kappa shape index (κ1) is 12.7. The minimum absolute atomic E-state index is 0.149. The van der Waals surface area contributed by atoms with Crippen molar-refractivity contribution in [3.8, 4) is 6.07 Å². The van der Waals surface area contributed by atoms with Crippen molar-refractivity contribution >= 4 is 39.1 Å². The highest BCUT2D eigenvalue weighted by atomic mass is 79.9. The molecule has 0 aliphatic heterocycles. The quantitative estimate of drug-likeness (QED) is 0.481. The Morgan fingerprint density at radius 3 is 2.61 bits per heavy atom. The minimum atomic E-state index is -0.248. The molecule has 0 radical (unpaired) electrons. The predicted molar refractivity (Wildman–Crippen MR) is 76.4 cm³/mol. The summed E-state index contributed by atoms with van der Waals surface area (Å²) in [7, 11) is 0. The average Bonchev–Trinajstić information content (AvgIpc) is 2.82. The van der Waals surface area contributed by atoms with E-state index in [4.69, 9.17) is 5.26 Å². The predicted octanol–water partition coefficient (Wildman–Crippen LogP) is 4.30. The molecule has 4 heteroatoms. The number of benzene rings is 1. The van der Waals surface area contributed by atoms with Crippen LogP contribution in [0.2, 0.25) is 0 Å². The van der Waals surface area contributed by atoms with Crippen molar-refractivity contribution in [2.45, 2.75) is 0 Å². The highest BCUT2D eigenvalue weighted by molar-refractivity contribution is 9.10. The number of thiophene rings is 1.